The Morgan fingerprint density at radius 2 is 1.65 bits per heavy atom. The molecule has 124 valence electrons. The summed E-state index contributed by atoms with van der Waals surface area (Å²) in [6.07, 6.45) is 4.12. The molecule has 23 heavy (non-hydrogen) atoms. The van der Waals surface area contributed by atoms with Crippen molar-refractivity contribution in [2.75, 3.05) is 18.0 Å². The van der Waals surface area contributed by atoms with Gasteiger partial charge in [0.05, 0.1) is 0 Å². The zero-order valence-corrected chi connectivity index (χ0v) is 14.7. The van der Waals surface area contributed by atoms with Gasteiger partial charge in [0.1, 0.15) is 5.82 Å². The molecule has 0 unspecified atom stereocenters. The van der Waals surface area contributed by atoms with Crippen LogP contribution in [0.15, 0.2) is 30.6 Å². The predicted molar refractivity (Wildman–Crippen MR) is 94.1 cm³/mol. The molecule has 2 aromatic rings. The molecule has 0 atom stereocenters. The third kappa shape index (κ3) is 4.27. The van der Waals surface area contributed by atoms with Crippen LogP contribution in [0.4, 0.5) is 10.3 Å². The fourth-order valence-corrected chi connectivity index (χ4v) is 2.64. The Labute approximate surface area is 138 Å². The first-order valence-corrected chi connectivity index (χ1v) is 8.20. The van der Waals surface area contributed by atoms with Gasteiger partial charge in [-0.3, -0.25) is 0 Å². The Hall–Kier alpha value is -1.97. The number of anilines is 1. The highest BCUT2D eigenvalue weighted by atomic mass is 19.1. The second-order valence-corrected chi connectivity index (χ2v) is 6.96. The molecule has 0 saturated heterocycles. The largest absolute Gasteiger partial charge is 0.341 e. The van der Waals surface area contributed by atoms with Gasteiger partial charge < -0.3 is 4.90 Å². The van der Waals surface area contributed by atoms with E-state index in [1.807, 2.05) is 12.1 Å². The van der Waals surface area contributed by atoms with E-state index in [9.17, 15) is 4.39 Å². The van der Waals surface area contributed by atoms with Crippen LogP contribution in [0, 0.1) is 11.2 Å². The van der Waals surface area contributed by atoms with Crippen molar-refractivity contribution in [1.29, 1.82) is 0 Å². The first-order chi connectivity index (χ1) is 10.9. The summed E-state index contributed by atoms with van der Waals surface area (Å²) in [5, 5.41) is 0. The van der Waals surface area contributed by atoms with Crippen LogP contribution in [0.2, 0.25) is 0 Å². The topological polar surface area (TPSA) is 29.0 Å². The van der Waals surface area contributed by atoms with Crippen molar-refractivity contribution in [2.24, 2.45) is 5.41 Å². The molecule has 1 aromatic heterocycles. The van der Waals surface area contributed by atoms with Gasteiger partial charge in [-0.05, 0) is 31.2 Å². The number of hydrogen-bond acceptors (Lipinski definition) is 3. The Balaban J connectivity index is 2.33. The third-order valence-corrected chi connectivity index (χ3v) is 3.79. The summed E-state index contributed by atoms with van der Waals surface area (Å²) in [6.45, 7) is 12.2. The molecule has 0 saturated carbocycles. The van der Waals surface area contributed by atoms with Gasteiger partial charge in [0.15, 0.2) is 0 Å². The molecule has 0 N–H and O–H groups in total. The average molecular weight is 315 g/mol. The highest BCUT2D eigenvalue weighted by Crippen LogP contribution is 2.28. The monoisotopic (exact) mass is 315 g/mol. The summed E-state index contributed by atoms with van der Waals surface area (Å²) >= 11 is 0. The standard InChI is InChI=1S/C19H26FN3/c1-6-23(7-2)18-21-12-15(13-22-18)16-10-8-9-14(17(16)20)11-19(3,4)5/h8-10,12-13H,6-7,11H2,1-5H3. The fourth-order valence-electron chi connectivity index (χ4n) is 2.64. The van der Waals surface area contributed by atoms with Crippen LogP contribution >= 0.6 is 0 Å². The van der Waals surface area contributed by atoms with Crippen molar-refractivity contribution in [3.05, 3.63) is 42.0 Å². The molecule has 2 rings (SSSR count). The number of benzene rings is 1. The van der Waals surface area contributed by atoms with Crippen LogP contribution in [0.1, 0.15) is 40.2 Å². The molecule has 0 aliphatic heterocycles. The number of aromatic nitrogens is 2. The molecular weight excluding hydrogens is 289 g/mol. The van der Waals surface area contributed by atoms with E-state index in [4.69, 9.17) is 0 Å². The maximum absolute atomic E-state index is 14.8. The van der Waals surface area contributed by atoms with Crippen molar-refractivity contribution in [2.45, 2.75) is 41.0 Å². The molecule has 0 amide bonds. The lowest BCUT2D eigenvalue weighted by Gasteiger charge is -2.20. The molecule has 0 radical (unpaired) electrons. The molecule has 0 aliphatic rings. The average Bonchev–Trinajstić information content (AvgIpc) is 2.50. The van der Waals surface area contributed by atoms with Crippen LogP contribution in [-0.4, -0.2) is 23.1 Å². The molecule has 0 fully saturated rings. The molecular formula is C19H26FN3. The zero-order valence-electron chi connectivity index (χ0n) is 14.7. The Morgan fingerprint density at radius 1 is 1.04 bits per heavy atom. The summed E-state index contributed by atoms with van der Waals surface area (Å²) in [5.74, 6) is 0.520. The fraction of sp³-hybridized carbons (Fsp3) is 0.474. The maximum atomic E-state index is 14.8. The predicted octanol–water partition coefficient (Wildman–Crippen LogP) is 4.72. The Morgan fingerprint density at radius 3 is 2.17 bits per heavy atom. The first kappa shape index (κ1) is 17.4. The number of rotatable bonds is 5. The molecule has 4 heteroatoms. The van der Waals surface area contributed by atoms with E-state index in [1.165, 1.54) is 0 Å². The van der Waals surface area contributed by atoms with E-state index in [1.54, 1.807) is 18.5 Å². The maximum Gasteiger partial charge on any atom is 0.225 e. The van der Waals surface area contributed by atoms with Gasteiger partial charge in [0, 0.05) is 36.6 Å². The summed E-state index contributed by atoms with van der Waals surface area (Å²) in [5.41, 5.74) is 2.07. The van der Waals surface area contributed by atoms with Gasteiger partial charge >= 0.3 is 0 Å². The molecule has 0 aliphatic carbocycles. The second kappa shape index (κ2) is 7.07. The smallest absolute Gasteiger partial charge is 0.225 e. The summed E-state index contributed by atoms with van der Waals surface area (Å²) in [6, 6.07) is 5.55. The van der Waals surface area contributed by atoms with Crippen molar-refractivity contribution in [3.8, 4) is 11.1 Å². The van der Waals surface area contributed by atoms with Crippen LogP contribution < -0.4 is 4.90 Å². The van der Waals surface area contributed by atoms with Crippen molar-refractivity contribution < 1.29 is 4.39 Å². The molecule has 1 aromatic carbocycles. The Bertz CT molecular complexity index is 641. The second-order valence-electron chi connectivity index (χ2n) is 6.96. The van der Waals surface area contributed by atoms with E-state index in [0.29, 0.717) is 23.5 Å². The number of halogens is 1. The quantitative estimate of drug-likeness (QED) is 0.799. The normalized spacial score (nSPS) is 11.6. The number of hydrogen-bond donors (Lipinski definition) is 0. The van der Waals surface area contributed by atoms with E-state index in [2.05, 4.69) is 49.5 Å². The molecule has 0 bridgehead atoms. The first-order valence-electron chi connectivity index (χ1n) is 8.20. The van der Waals surface area contributed by atoms with Crippen LogP contribution in [0.3, 0.4) is 0 Å². The van der Waals surface area contributed by atoms with Gasteiger partial charge in [0.2, 0.25) is 5.95 Å². The van der Waals surface area contributed by atoms with Crippen molar-refractivity contribution >= 4 is 5.95 Å². The SMILES string of the molecule is CCN(CC)c1ncc(-c2cccc(CC(C)(C)C)c2F)cn1. The lowest BCUT2D eigenvalue weighted by atomic mass is 9.87. The van der Waals surface area contributed by atoms with E-state index in [-0.39, 0.29) is 11.2 Å². The minimum absolute atomic E-state index is 0.0442. The van der Waals surface area contributed by atoms with Crippen LogP contribution in [-0.2, 0) is 6.42 Å². The van der Waals surface area contributed by atoms with E-state index in [0.717, 1.165) is 18.7 Å². The third-order valence-electron chi connectivity index (χ3n) is 3.79. The summed E-state index contributed by atoms with van der Waals surface area (Å²) in [7, 11) is 0. The molecule has 1 heterocycles. The van der Waals surface area contributed by atoms with Crippen molar-refractivity contribution in [3.63, 3.8) is 0 Å². The highest BCUT2D eigenvalue weighted by Gasteiger charge is 2.17. The molecule has 0 spiro atoms. The van der Waals surface area contributed by atoms with Crippen LogP contribution in [0.5, 0.6) is 0 Å². The van der Waals surface area contributed by atoms with Crippen molar-refractivity contribution in [1.82, 2.24) is 9.97 Å². The van der Waals surface area contributed by atoms with Gasteiger partial charge in [-0.2, -0.15) is 0 Å². The minimum Gasteiger partial charge on any atom is -0.341 e. The van der Waals surface area contributed by atoms with Gasteiger partial charge in [-0.15, -0.1) is 0 Å². The lowest BCUT2D eigenvalue weighted by molar-refractivity contribution is 0.402. The van der Waals surface area contributed by atoms with Crippen LogP contribution in [0.25, 0.3) is 11.1 Å². The zero-order chi connectivity index (χ0) is 17.0. The highest BCUT2D eigenvalue weighted by molar-refractivity contribution is 5.64. The van der Waals surface area contributed by atoms with Gasteiger partial charge in [-0.25, -0.2) is 14.4 Å². The van der Waals surface area contributed by atoms with E-state index < -0.39 is 0 Å². The van der Waals surface area contributed by atoms with E-state index >= 15 is 0 Å². The minimum atomic E-state index is -0.165. The summed E-state index contributed by atoms with van der Waals surface area (Å²) in [4.78, 5) is 10.8. The van der Waals surface area contributed by atoms with Gasteiger partial charge in [0.25, 0.3) is 0 Å². The Kier molecular flexibility index (Phi) is 5.34. The lowest BCUT2D eigenvalue weighted by Crippen LogP contribution is -2.23. The van der Waals surface area contributed by atoms with Gasteiger partial charge in [-0.1, -0.05) is 39.0 Å². The summed E-state index contributed by atoms with van der Waals surface area (Å²) < 4.78 is 14.8. The number of nitrogens with zero attached hydrogens (tertiary/aromatic N) is 3. The molecule has 3 nitrogen and oxygen atoms in total.